The van der Waals surface area contributed by atoms with Gasteiger partial charge in [0.05, 0.1) is 5.03 Å². The van der Waals surface area contributed by atoms with Crippen molar-refractivity contribution in [2.24, 2.45) is 0 Å². The summed E-state index contributed by atoms with van der Waals surface area (Å²) in [6.07, 6.45) is 5.71. The maximum absolute atomic E-state index is 12.8. The second kappa shape index (κ2) is 11.1. The van der Waals surface area contributed by atoms with Crippen LogP contribution in [-0.2, 0) is 21.4 Å². The SMILES string of the molecule is O=C(CCSc1ccc(S(=O)(=O)N2CCCCCC2)cn1)NCc1ccccc1Cl. The summed E-state index contributed by atoms with van der Waals surface area (Å²) in [7, 11) is -3.49. The van der Waals surface area contributed by atoms with Crippen LogP contribution in [0.2, 0.25) is 5.02 Å². The molecule has 1 aliphatic heterocycles. The Bertz CT molecular complexity index is 944. The van der Waals surface area contributed by atoms with E-state index in [2.05, 4.69) is 10.3 Å². The van der Waals surface area contributed by atoms with Crippen LogP contribution in [0.1, 0.15) is 37.7 Å². The van der Waals surface area contributed by atoms with Gasteiger partial charge in [-0.05, 0) is 36.6 Å². The molecule has 0 aliphatic carbocycles. The quantitative estimate of drug-likeness (QED) is 0.591. The third-order valence-corrected chi connectivity index (χ3v) is 8.12. The number of carbonyl (C=O) groups excluding carboxylic acids is 1. The van der Waals surface area contributed by atoms with E-state index in [1.54, 1.807) is 22.5 Å². The first kappa shape index (κ1) is 23.1. The second-order valence-corrected chi connectivity index (χ2v) is 10.6. The fraction of sp³-hybridized carbons (Fsp3) is 0.429. The van der Waals surface area contributed by atoms with Crippen molar-refractivity contribution in [3.8, 4) is 0 Å². The van der Waals surface area contributed by atoms with Gasteiger partial charge in [-0.25, -0.2) is 13.4 Å². The third-order valence-electron chi connectivity index (χ3n) is 4.92. The number of sulfonamides is 1. The average molecular weight is 468 g/mol. The van der Waals surface area contributed by atoms with Crippen LogP contribution in [0.4, 0.5) is 0 Å². The molecule has 0 bridgehead atoms. The molecule has 0 spiro atoms. The van der Waals surface area contributed by atoms with E-state index < -0.39 is 10.0 Å². The predicted octanol–water partition coefficient (Wildman–Crippen LogP) is 4.10. The van der Waals surface area contributed by atoms with E-state index in [0.717, 1.165) is 31.2 Å². The molecule has 9 heteroatoms. The van der Waals surface area contributed by atoms with E-state index in [4.69, 9.17) is 11.6 Å². The molecule has 1 fully saturated rings. The van der Waals surface area contributed by atoms with Crippen LogP contribution in [0.5, 0.6) is 0 Å². The third kappa shape index (κ3) is 6.44. The average Bonchev–Trinajstić information content (AvgIpc) is 3.04. The number of hydrogen-bond acceptors (Lipinski definition) is 5. The van der Waals surface area contributed by atoms with Crippen LogP contribution in [0.25, 0.3) is 0 Å². The van der Waals surface area contributed by atoms with Crippen molar-refractivity contribution in [2.45, 2.75) is 48.6 Å². The highest BCUT2D eigenvalue weighted by Gasteiger charge is 2.25. The van der Waals surface area contributed by atoms with Gasteiger partial charge < -0.3 is 5.32 Å². The molecular weight excluding hydrogens is 442 g/mol. The van der Waals surface area contributed by atoms with Crippen molar-refractivity contribution >= 4 is 39.3 Å². The van der Waals surface area contributed by atoms with E-state index in [0.29, 0.717) is 41.9 Å². The van der Waals surface area contributed by atoms with Crippen molar-refractivity contribution in [3.63, 3.8) is 0 Å². The van der Waals surface area contributed by atoms with Crippen molar-refractivity contribution in [3.05, 3.63) is 53.2 Å². The van der Waals surface area contributed by atoms with Crippen molar-refractivity contribution < 1.29 is 13.2 Å². The minimum Gasteiger partial charge on any atom is -0.352 e. The summed E-state index contributed by atoms with van der Waals surface area (Å²) in [5.74, 6) is 0.488. The van der Waals surface area contributed by atoms with Gasteiger partial charge in [0.15, 0.2) is 0 Å². The largest absolute Gasteiger partial charge is 0.352 e. The van der Waals surface area contributed by atoms with Crippen LogP contribution < -0.4 is 5.32 Å². The molecule has 1 saturated heterocycles. The van der Waals surface area contributed by atoms with Gasteiger partial charge in [0.2, 0.25) is 15.9 Å². The lowest BCUT2D eigenvalue weighted by Crippen LogP contribution is -2.32. The lowest BCUT2D eigenvalue weighted by molar-refractivity contribution is -0.120. The molecular formula is C21H26ClN3O3S2. The van der Waals surface area contributed by atoms with Gasteiger partial charge in [0.25, 0.3) is 0 Å². The number of nitrogens with one attached hydrogen (secondary N) is 1. The van der Waals surface area contributed by atoms with Crippen LogP contribution in [0.15, 0.2) is 52.5 Å². The summed E-state index contributed by atoms with van der Waals surface area (Å²) >= 11 is 7.51. The number of thioether (sulfide) groups is 1. The molecule has 1 N–H and O–H groups in total. The molecule has 3 rings (SSSR count). The Balaban J connectivity index is 1.46. The number of carbonyl (C=O) groups is 1. The number of halogens is 1. The lowest BCUT2D eigenvalue weighted by atomic mass is 10.2. The molecule has 0 saturated carbocycles. The summed E-state index contributed by atoms with van der Waals surface area (Å²) in [5.41, 5.74) is 0.878. The number of benzene rings is 1. The molecule has 0 unspecified atom stereocenters. The van der Waals surface area contributed by atoms with Crippen LogP contribution in [0, 0.1) is 0 Å². The Hall–Kier alpha value is -1.61. The van der Waals surface area contributed by atoms with Gasteiger partial charge in [-0.1, -0.05) is 42.6 Å². The summed E-state index contributed by atoms with van der Waals surface area (Å²) in [4.78, 5) is 16.5. The monoisotopic (exact) mass is 467 g/mol. The summed E-state index contributed by atoms with van der Waals surface area (Å²) in [5, 5.41) is 4.18. The highest BCUT2D eigenvalue weighted by molar-refractivity contribution is 7.99. The first-order valence-corrected chi connectivity index (χ1v) is 12.9. The maximum atomic E-state index is 12.8. The molecule has 0 radical (unpaired) electrons. The van der Waals surface area contributed by atoms with Crippen LogP contribution >= 0.6 is 23.4 Å². The van der Waals surface area contributed by atoms with Gasteiger partial charge >= 0.3 is 0 Å². The fourth-order valence-corrected chi connectivity index (χ4v) is 5.66. The highest BCUT2D eigenvalue weighted by Crippen LogP contribution is 2.22. The zero-order chi connectivity index (χ0) is 21.4. The van der Waals surface area contributed by atoms with E-state index >= 15 is 0 Å². The van der Waals surface area contributed by atoms with Crippen molar-refractivity contribution in [2.75, 3.05) is 18.8 Å². The Morgan fingerprint density at radius 3 is 2.50 bits per heavy atom. The standard InChI is InChI=1S/C21H26ClN3O3S2/c22-19-8-4-3-7-17(19)15-23-20(26)11-14-29-21-10-9-18(16-24-21)30(27,28)25-12-5-1-2-6-13-25/h3-4,7-10,16H,1-2,5-6,11-15H2,(H,23,26). The van der Waals surface area contributed by atoms with Gasteiger partial charge in [-0.3, -0.25) is 4.79 Å². The first-order valence-electron chi connectivity index (χ1n) is 10.1. The second-order valence-electron chi connectivity index (χ2n) is 7.12. The van der Waals surface area contributed by atoms with Gasteiger partial charge in [-0.2, -0.15) is 4.31 Å². The zero-order valence-corrected chi connectivity index (χ0v) is 19.1. The number of nitrogens with zero attached hydrogens (tertiary/aromatic N) is 2. The van der Waals surface area contributed by atoms with Crippen molar-refractivity contribution in [1.29, 1.82) is 0 Å². The molecule has 1 amide bonds. The molecule has 6 nitrogen and oxygen atoms in total. The topological polar surface area (TPSA) is 79.4 Å². The van der Waals surface area contributed by atoms with Crippen molar-refractivity contribution in [1.82, 2.24) is 14.6 Å². The van der Waals surface area contributed by atoms with E-state index in [1.165, 1.54) is 18.0 Å². The predicted molar refractivity (Wildman–Crippen MR) is 120 cm³/mol. The number of hydrogen-bond donors (Lipinski definition) is 1. The Morgan fingerprint density at radius 1 is 1.10 bits per heavy atom. The lowest BCUT2D eigenvalue weighted by Gasteiger charge is -2.19. The number of amides is 1. The Morgan fingerprint density at radius 2 is 1.83 bits per heavy atom. The Labute approximate surface area is 187 Å². The molecule has 0 atom stereocenters. The number of aromatic nitrogens is 1. The summed E-state index contributed by atoms with van der Waals surface area (Å²) in [6.45, 7) is 1.54. The molecule has 1 aliphatic rings. The number of rotatable bonds is 8. The zero-order valence-electron chi connectivity index (χ0n) is 16.7. The number of pyridine rings is 1. The van der Waals surface area contributed by atoms with E-state index in [9.17, 15) is 13.2 Å². The smallest absolute Gasteiger partial charge is 0.244 e. The van der Waals surface area contributed by atoms with Crippen LogP contribution in [-0.4, -0.2) is 42.5 Å². The fourth-order valence-electron chi connectivity index (χ4n) is 3.21. The Kier molecular flexibility index (Phi) is 8.56. The molecule has 1 aromatic heterocycles. The normalized spacial score (nSPS) is 15.5. The molecule has 2 heterocycles. The van der Waals surface area contributed by atoms with Gasteiger partial charge in [-0.15, -0.1) is 11.8 Å². The van der Waals surface area contributed by atoms with Gasteiger partial charge in [0.1, 0.15) is 4.90 Å². The van der Waals surface area contributed by atoms with Gasteiger partial charge in [0, 0.05) is 43.0 Å². The van der Waals surface area contributed by atoms with E-state index in [1.807, 2.05) is 18.2 Å². The minimum atomic E-state index is -3.49. The molecule has 1 aromatic carbocycles. The van der Waals surface area contributed by atoms with Crippen LogP contribution in [0.3, 0.4) is 0 Å². The maximum Gasteiger partial charge on any atom is 0.244 e. The molecule has 162 valence electrons. The molecule has 30 heavy (non-hydrogen) atoms. The highest BCUT2D eigenvalue weighted by atomic mass is 35.5. The summed E-state index contributed by atoms with van der Waals surface area (Å²) in [6, 6.07) is 10.7. The van der Waals surface area contributed by atoms with E-state index in [-0.39, 0.29) is 10.8 Å². The first-order chi connectivity index (χ1) is 14.5. The minimum absolute atomic E-state index is 0.0669. The summed E-state index contributed by atoms with van der Waals surface area (Å²) < 4.78 is 27.1. The molecule has 2 aromatic rings.